The van der Waals surface area contributed by atoms with Crippen LogP contribution in [0.25, 0.3) is 9.88 Å². The first-order valence-electron chi connectivity index (χ1n) is 5.80. The van der Waals surface area contributed by atoms with Crippen LogP contribution in [0.15, 0.2) is 17.5 Å². The molecule has 0 aliphatic heterocycles. The van der Waals surface area contributed by atoms with E-state index in [4.69, 9.17) is 11.6 Å². The second-order valence-corrected chi connectivity index (χ2v) is 6.81. The molecule has 0 aliphatic carbocycles. The van der Waals surface area contributed by atoms with Crippen LogP contribution < -0.4 is 0 Å². The van der Waals surface area contributed by atoms with Crippen LogP contribution in [-0.2, 0) is 0 Å². The number of carbonyl (C=O) groups is 1. The molecule has 0 fully saturated rings. The van der Waals surface area contributed by atoms with Crippen LogP contribution in [-0.4, -0.2) is 35.6 Å². The summed E-state index contributed by atoms with van der Waals surface area (Å²) in [6.07, 6.45) is -5.32. The third-order valence-corrected chi connectivity index (χ3v) is 4.83. The summed E-state index contributed by atoms with van der Waals surface area (Å²) in [7, 11) is 1.33. The average molecular weight is 355 g/mol. The Kier molecular flexibility index (Phi) is 4.90. The van der Waals surface area contributed by atoms with Gasteiger partial charge in [-0.15, -0.1) is 22.7 Å². The molecule has 9 heteroatoms. The van der Waals surface area contributed by atoms with Crippen molar-refractivity contribution in [3.63, 3.8) is 0 Å². The minimum atomic E-state index is -4.28. The second-order valence-electron chi connectivity index (χ2n) is 4.23. The zero-order chi connectivity index (χ0) is 15.6. The van der Waals surface area contributed by atoms with Crippen molar-refractivity contribution in [2.45, 2.75) is 12.6 Å². The topological polar surface area (TPSA) is 33.2 Å². The SMILES string of the molecule is CN(CCC(F)(F)F)C(=O)c1csc(-c2ccc(Cl)s2)n1. The summed E-state index contributed by atoms with van der Waals surface area (Å²) in [6.45, 7) is -0.389. The van der Waals surface area contributed by atoms with Gasteiger partial charge < -0.3 is 4.90 Å². The molecular formula is C12H10ClF3N2OS2. The molecule has 2 aromatic heterocycles. The molecule has 1 amide bonds. The molecule has 114 valence electrons. The highest BCUT2D eigenvalue weighted by Crippen LogP contribution is 2.33. The molecule has 0 radical (unpaired) electrons. The molecule has 0 spiro atoms. The van der Waals surface area contributed by atoms with Gasteiger partial charge in [-0.25, -0.2) is 4.98 Å². The Hall–Kier alpha value is -1.12. The highest BCUT2D eigenvalue weighted by molar-refractivity contribution is 7.23. The van der Waals surface area contributed by atoms with Gasteiger partial charge in [-0.3, -0.25) is 4.79 Å². The lowest BCUT2D eigenvalue weighted by molar-refractivity contribution is -0.136. The van der Waals surface area contributed by atoms with Crippen molar-refractivity contribution in [1.29, 1.82) is 0 Å². The van der Waals surface area contributed by atoms with Gasteiger partial charge >= 0.3 is 6.18 Å². The zero-order valence-corrected chi connectivity index (χ0v) is 13.2. The molecule has 2 rings (SSSR count). The van der Waals surface area contributed by atoms with E-state index in [2.05, 4.69) is 4.98 Å². The number of hydrogen-bond donors (Lipinski definition) is 0. The summed E-state index contributed by atoms with van der Waals surface area (Å²) < 4.78 is 37.0. The smallest absolute Gasteiger partial charge is 0.340 e. The van der Waals surface area contributed by atoms with Gasteiger partial charge in [-0.1, -0.05) is 11.6 Å². The molecular weight excluding hydrogens is 345 g/mol. The predicted molar refractivity (Wildman–Crippen MR) is 78.1 cm³/mol. The van der Waals surface area contributed by atoms with Gasteiger partial charge in [0, 0.05) is 19.0 Å². The van der Waals surface area contributed by atoms with Crippen molar-refractivity contribution < 1.29 is 18.0 Å². The van der Waals surface area contributed by atoms with Crippen LogP contribution in [0.1, 0.15) is 16.9 Å². The van der Waals surface area contributed by atoms with Crippen molar-refractivity contribution in [3.8, 4) is 9.88 Å². The molecule has 2 aromatic rings. The van der Waals surface area contributed by atoms with Gasteiger partial charge in [0.25, 0.3) is 5.91 Å². The number of carbonyl (C=O) groups excluding carboxylic acids is 1. The van der Waals surface area contributed by atoms with E-state index < -0.39 is 18.5 Å². The number of nitrogens with zero attached hydrogens (tertiary/aromatic N) is 2. The number of rotatable bonds is 4. The van der Waals surface area contributed by atoms with Crippen LogP contribution in [0, 0.1) is 0 Å². The second kappa shape index (κ2) is 6.33. The first-order valence-corrected chi connectivity index (χ1v) is 7.87. The maximum Gasteiger partial charge on any atom is 0.390 e. The average Bonchev–Trinajstić information content (AvgIpc) is 3.02. The molecule has 0 N–H and O–H groups in total. The summed E-state index contributed by atoms with van der Waals surface area (Å²) in [5.41, 5.74) is 0.143. The summed E-state index contributed by atoms with van der Waals surface area (Å²) >= 11 is 8.41. The van der Waals surface area contributed by atoms with Gasteiger partial charge in [0.1, 0.15) is 10.7 Å². The quantitative estimate of drug-likeness (QED) is 0.807. The third-order valence-electron chi connectivity index (χ3n) is 2.58. The molecule has 0 saturated heterocycles. The van der Waals surface area contributed by atoms with Crippen molar-refractivity contribution in [1.82, 2.24) is 9.88 Å². The van der Waals surface area contributed by atoms with Gasteiger partial charge in [0.05, 0.1) is 15.6 Å². The molecule has 2 heterocycles. The first-order chi connectivity index (χ1) is 9.76. The molecule has 0 aromatic carbocycles. The number of aromatic nitrogens is 1. The number of thiazole rings is 1. The molecule has 0 unspecified atom stereocenters. The van der Waals surface area contributed by atoms with Crippen LogP contribution >= 0.6 is 34.3 Å². The van der Waals surface area contributed by atoms with E-state index in [9.17, 15) is 18.0 Å². The van der Waals surface area contributed by atoms with E-state index in [1.165, 1.54) is 35.1 Å². The van der Waals surface area contributed by atoms with Crippen molar-refractivity contribution >= 4 is 40.2 Å². The highest BCUT2D eigenvalue weighted by Gasteiger charge is 2.28. The number of halogens is 4. The molecule has 0 saturated carbocycles. The van der Waals surface area contributed by atoms with Gasteiger partial charge in [0.2, 0.25) is 0 Å². The van der Waals surface area contributed by atoms with E-state index in [0.717, 1.165) is 9.78 Å². The van der Waals surface area contributed by atoms with Gasteiger partial charge in [-0.05, 0) is 12.1 Å². The van der Waals surface area contributed by atoms with E-state index in [0.29, 0.717) is 9.34 Å². The Morgan fingerprint density at radius 2 is 2.14 bits per heavy atom. The molecule has 21 heavy (non-hydrogen) atoms. The van der Waals surface area contributed by atoms with Crippen LogP contribution in [0.3, 0.4) is 0 Å². The lowest BCUT2D eigenvalue weighted by Crippen LogP contribution is -2.30. The van der Waals surface area contributed by atoms with E-state index in [1.54, 1.807) is 12.1 Å². The Balaban J connectivity index is 2.05. The summed E-state index contributed by atoms with van der Waals surface area (Å²) in [6, 6.07) is 3.51. The minimum absolute atomic E-state index is 0.143. The van der Waals surface area contributed by atoms with Crippen LogP contribution in [0.5, 0.6) is 0 Å². The lowest BCUT2D eigenvalue weighted by atomic mass is 10.3. The molecule has 0 atom stereocenters. The number of alkyl halides is 3. The largest absolute Gasteiger partial charge is 0.390 e. The van der Waals surface area contributed by atoms with E-state index >= 15 is 0 Å². The fraction of sp³-hybridized carbons (Fsp3) is 0.333. The standard InChI is InChI=1S/C12H10ClF3N2OS2/c1-18(5-4-12(14,15)16)11(19)7-6-20-10(17-7)8-2-3-9(13)21-8/h2-3,6H,4-5H2,1H3. The molecule has 0 bridgehead atoms. The zero-order valence-electron chi connectivity index (χ0n) is 10.8. The summed E-state index contributed by atoms with van der Waals surface area (Å²) in [4.78, 5) is 18.0. The maximum atomic E-state index is 12.1. The fourth-order valence-electron chi connectivity index (χ4n) is 1.51. The number of thiophene rings is 1. The van der Waals surface area contributed by atoms with Crippen molar-refractivity contribution in [2.75, 3.05) is 13.6 Å². The third kappa shape index (κ3) is 4.42. The molecule has 3 nitrogen and oxygen atoms in total. The van der Waals surface area contributed by atoms with Crippen molar-refractivity contribution in [3.05, 3.63) is 27.5 Å². The highest BCUT2D eigenvalue weighted by atomic mass is 35.5. The Labute approximate surface area is 132 Å². The van der Waals surface area contributed by atoms with E-state index in [-0.39, 0.29) is 12.2 Å². The Bertz CT molecular complexity index is 638. The monoisotopic (exact) mass is 354 g/mol. The number of hydrogen-bond acceptors (Lipinski definition) is 4. The van der Waals surface area contributed by atoms with E-state index in [1.807, 2.05) is 0 Å². The summed E-state index contributed by atoms with van der Waals surface area (Å²) in [5, 5.41) is 2.16. The van der Waals surface area contributed by atoms with Crippen LogP contribution in [0.2, 0.25) is 4.34 Å². The molecule has 0 aliphatic rings. The fourth-order valence-corrected chi connectivity index (χ4v) is 3.41. The van der Waals surface area contributed by atoms with Gasteiger partial charge in [0.15, 0.2) is 0 Å². The maximum absolute atomic E-state index is 12.1. The minimum Gasteiger partial charge on any atom is -0.340 e. The Morgan fingerprint density at radius 1 is 1.43 bits per heavy atom. The number of amides is 1. The van der Waals surface area contributed by atoms with Crippen LogP contribution in [0.4, 0.5) is 13.2 Å². The lowest BCUT2D eigenvalue weighted by Gasteiger charge is -2.16. The first kappa shape index (κ1) is 16.3. The predicted octanol–water partition coefficient (Wildman–Crippen LogP) is 4.55. The Morgan fingerprint density at radius 3 is 2.71 bits per heavy atom. The normalized spacial score (nSPS) is 11.7. The van der Waals surface area contributed by atoms with Crippen molar-refractivity contribution in [2.24, 2.45) is 0 Å². The summed E-state index contributed by atoms with van der Waals surface area (Å²) in [5.74, 6) is -0.524. The van der Waals surface area contributed by atoms with Gasteiger partial charge in [-0.2, -0.15) is 13.2 Å².